The SMILES string of the molecule is CCOCc1ccccc1CNC(=O)C(N)C(C)CC. The lowest BCUT2D eigenvalue weighted by Crippen LogP contribution is -2.44. The summed E-state index contributed by atoms with van der Waals surface area (Å²) >= 11 is 0. The number of carbonyl (C=O) groups is 1. The molecule has 0 saturated heterocycles. The van der Waals surface area contributed by atoms with Crippen LogP contribution in [0, 0.1) is 5.92 Å². The van der Waals surface area contributed by atoms with Crippen LogP contribution in [0.4, 0.5) is 0 Å². The van der Waals surface area contributed by atoms with Crippen molar-refractivity contribution in [2.75, 3.05) is 6.61 Å². The van der Waals surface area contributed by atoms with Gasteiger partial charge in [0, 0.05) is 13.2 Å². The van der Waals surface area contributed by atoms with E-state index in [1.54, 1.807) is 0 Å². The maximum Gasteiger partial charge on any atom is 0.237 e. The smallest absolute Gasteiger partial charge is 0.237 e. The first-order chi connectivity index (χ1) is 9.60. The molecule has 1 aromatic carbocycles. The molecule has 0 spiro atoms. The molecule has 0 fully saturated rings. The highest BCUT2D eigenvalue weighted by Gasteiger charge is 2.19. The summed E-state index contributed by atoms with van der Waals surface area (Å²) in [6, 6.07) is 7.52. The molecular formula is C16H26N2O2. The van der Waals surface area contributed by atoms with Gasteiger partial charge < -0.3 is 15.8 Å². The Hall–Kier alpha value is -1.39. The van der Waals surface area contributed by atoms with E-state index in [1.165, 1.54) is 0 Å². The minimum Gasteiger partial charge on any atom is -0.377 e. The summed E-state index contributed by atoms with van der Waals surface area (Å²) in [5.74, 6) is 0.0965. The molecule has 3 N–H and O–H groups in total. The molecule has 0 aliphatic heterocycles. The van der Waals surface area contributed by atoms with E-state index in [4.69, 9.17) is 10.5 Å². The fraction of sp³-hybridized carbons (Fsp3) is 0.562. The minimum atomic E-state index is -0.445. The molecule has 0 aliphatic carbocycles. The minimum absolute atomic E-state index is 0.0921. The number of hydrogen-bond acceptors (Lipinski definition) is 3. The maximum atomic E-state index is 12.0. The summed E-state index contributed by atoms with van der Waals surface area (Å²) in [6.45, 7) is 7.74. The van der Waals surface area contributed by atoms with E-state index in [0.717, 1.165) is 17.5 Å². The van der Waals surface area contributed by atoms with Crippen LogP contribution in [-0.4, -0.2) is 18.6 Å². The fourth-order valence-electron chi connectivity index (χ4n) is 1.90. The zero-order valence-electron chi connectivity index (χ0n) is 12.7. The van der Waals surface area contributed by atoms with Crippen LogP contribution in [-0.2, 0) is 22.7 Å². The molecule has 2 atom stereocenters. The Bertz CT molecular complexity index is 421. The first kappa shape index (κ1) is 16.7. The summed E-state index contributed by atoms with van der Waals surface area (Å²) in [5.41, 5.74) is 8.10. The van der Waals surface area contributed by atoms with E-state index in [-0.39, 0.29) is 11.8 Å². The number of nitrogens with two attached hydrogens (primary N) is 1. The predicted octanol–water partition coefficient (Wildman–Crippen LogP) is 2.21. The highest BCUT2D eigenvalue weighted by atomic mass is 16.5. The topological polar surface area (TPSA) is 64.3 Å². The highest BCUT2D eigenvalue weighted by Crippen LogP contribution is 2.11. The van der Waals surface area contributed by atoms with Crippen LogP contribution < -0.4 is 11.1 Å². The lowest BCUT2D eigenvalue weighted by Gasteiger charge is -2.18. The summed E-state index contributed by atoms with van der Waals surface area (Å²) in [4.78, 5) is 12.0. The molecular weight excluding hydrogens is 252 g/mol. The Balaban J connectivity index is 2.58. The van der Waals surface area contributed by atoms with Gasteiger partial charge in [0.05, 0.1) is 12.6 Å². The number of benzene rings is 1. The standard InChI is InChI=1S/C16H26N2O2/c1-4-12(3)15(17)16(19)18-10-13-8-6-7-9-14(13)11-20-5-2/h6-9,12,15H,4-5,10-11,17H2,1-3H3,(H,18,19). The van der Waals surface area contributed by atoms with Crippen molar-refractivity contribution >= 4 is 5.91 Å². The molecule has 1 amide bonds. The van der Waals surface area contributed by atoms with Gasteiger partial charge in [0.15, 0.2) is 0 Å². The van der Waals surface area contributed by atoms with Gasteiger partial charge >= 0.3 is 0 Å². The van der Waals surface area contributed by atoms with Crippen LogP contribution >= 0.6 is 0 Å². The second-order valence-corrected chi connectivity index (χ2v) is 5.03. The van der Waals surface area contributed by atoms with Crippen molar-refractivity contribution in [3.05, 3.63) is 35.4 Å². The van der Waals surface area contributed by atoms with Crippen LogP contribution in [0.2, 0.25) is 0 Å². The largest absolute Gasteiger partial charge is 0.377 e. The Labute approximate surface area is 121 Å². The molecule has 20 heavy (non-hydrogen) atoms. The summed E-state index contributed by atoms with van der Waals surface area (Å²) in [5, 5.41) is 2.91. The van der Waals surface area contributed by atoms with E-state index in [9.17, 15) is 4.79 Å². The summed E-state index contributed by atoms with van der Waals surface area (Å²) in [6.07, 6.45) is 0.898. The molecule has 2 unspecified atom stereocenters. The van der Waals surface area contributed by atoms with Crippen LogP contribution in [0.1, 0.15) is 38.3 Å². The molecule has 0 radical (unpaired) electrons. The van der Waals surface area contributed by atoms with E-state index < -0.39 is 6.04 Å². The lowest BCUT2D eigenvalue weighted by molar-refractivity contribution is -0.123. The van der Waals surface area contributed by atoms with Gasteiger partial charge in [-0.05, 0) is 24.0 Å². The highest BCUT2D eigenvalue weighted by molar-refractivity contribution is 5.81. The number of rotatable bonds is 8. The van der Waals surface area contributed by atoms with Crippen LogP contribution in [0.5, 0.6) is 0 Å². The van der Waals surface area contributed by atoms with Crippen molar-refractivity contribution < 1.29 is 9.53 Å². The van der Waals surface area contributed by atoms with Gasteiger partial charge in [-0.3, -0.25) is 4.79 Å². The lowest BCUT2D eigenvalue weighted by atomic mass is 9.99. The Kier molecular flexibility index (Phi) is 7.26. The third kappa shape index (κ3) is 4.94. The Morgan fingerprint density at radius 1 is 1.30 bits per heavy atom. The predicted molar refractivity (Wildman–Crippen MR) is 81.0 cm³/mol. The van der Waals surface area contributed by atoms with Gasteiger partial charge in [0.25, 0.3) is 0 Å². The third-order valence-corrected chi connectivity index (χ3v) is 3.59. The monoisotopic (exact) mass is 278 g/mol. The quantitative estimate of drug-likeness (QED) is 0.766. The first-order valence-electron chi connectivity index (χ1n) is 7.27. The van der Waals surface area contributed by atoms with Crippen LogP contribution in [0.25, 0.3) is 0 Å². The van der Waals surface area contributed by atoms with Gasteiger partial charge in [-0.25, -0.2) is 0 Å². The van der Waals surface area contributed by atoms with E-state index in [1.807, 2.05) is 45.0 Å². The van der Waals surface area contributed by atoms with Crippen molar-refractivity contribution in [2.45, 2.75) is 46.4 Å². The molecule has 0 saturated carbocycles. The Morgan fingerprint density at radius 2 is 1.95 bits per heavy atom. The first-order valence-corrected chi connectivity index (χ1v) is 7.27. The van der Waals surface area contributed by atoms with Gasteiger partial charge in [0.1, 0.15) is 0 Å². The fourth-order valence-corrected chi connectivity index (χ4v) is 1.90. The van der Waals surface area contributed by atoms with Gasteiger partial charge in [-0.15, -0.1) is 0 Å². The van der Waals surface area contributed by atoms with Crippen molar-refractivity contribution in [2.24, 2.45) is 11.7 Å². The average Bonchev–Trinajstić information content (AvgIpc) is 2.49. The van der Waals surface area contributed by atoms with Crippen LogP contribution in [0.3, 0.4) is 0 Å². The number of hydrogen-bond donors (Lipinski definition) is 2. The van der Waals surface area contributed by atoms with Crippen molar-refractivity contribution in [3.8, 4) is 0 Å². The maximum absolute atomic E-state index is 12.0. The second kappa shape index (κ2) is 8.72. The van der Waals surface area contributed by atoms with Gasteiger partial charge in [-0.1, -0.05) is 44.5 Å². The summed E-state index contributed by atoms with van der Waals surface area (Å²) in [7, 11) is 0. The van der Waals surface area contributed by atoms with Crippen molar-refractivity contribution in [3.63, 3.8) is 0 Å². The normalized spacial score (nSPS) is 13.8. The molecule has 1 rings (SSSR count). The number of ether oxygens (including phenoxy) is 1. The molecule has 0 aliphatic rings. The van der Waals surface area contributed by atoms with E-state index >= 15 is 0 Å². The van der Waals surface area contributed by atoms with E-state index in [2.05, 4.69) is 5.32 Å². The zero-order valence-corrected chi connectivity index (χ0v) is 12.7. The average molecular weight is 278 g/mol. The molecule has 4 heteroatoms. The molecule has 4 nitrogen and oxygen atoms in total. The number of nitrogens with one attached hydrogen (secondary N) is 1. The van der Waals surface area contributed by atoms with Gasteiger partial charge in [-0.2, -0.15) is 0 Å². The number of amides is 1. The molecule has 0 heterocycles. The summed E-state index contributed by atoms with van der Waals surface area (Å²) < 4.78 is 5.43. The zero-order chi connectivity index (χ0) is 15.0. The molecule has 0 aromatic heterocycles. The Morgan fingerprint density at radius 3 is 2.55 bits per heavy atom. The molecule has 112 valence electrons. The van der Waals surface area contributed by atoms with Gasteiger partial charge in [0.2, 0.25) is 5.91 Å². The molecule has 0 bridgehead atoms. The van der Waals surface area contributed by atoms with Crippen LogP contribution in [0.15, 0.2) is 24.3 Å². The second-order valence-electron chi connectivity index (χ2n) is 5.03. The number of carbonyl (C=O) groups excluding carboxylic acids is 1. The molecule has 1 aromatic rings. The van der Waals surface area contributed by atoms with Crippen molar-refractivity contribution in [1.82, 2.24) is 5.32 Å². The third-order valence-electron chi connectivity index (χ3n) is 3.59. The van der Waals surface area contributed by atoms with Crippen molar-refractivity contribution in [1.29, 1.82) is 0 Å². The van der Waals surface area contributed by atoms with E-state index in [0.29, 0.717) is 19.8 Å².